The number of carbonyl (C=O) groups is 1. The number of aromatic nitrogens is 3. The largest absolute Gasteiger partial charge is 0.485 e. The van der Waals surface area contributed by atoms with E-state index in [0.29, 0.717) is 23.1 Å². The number of ketones is 1. The molecule has 3 aromatic rings. The van der Waals surface area contributed by atoms with Crippen molar-refractivity contribution in [2.75, 3.05) is 11.1 Å². The van der Waals surface area contributed by atoms with Crippen molar-refractivity contribution in [2.45, 2.75) is 20.5 Å². The van der Waals surface area contributed by atoms with Crippen LogP contribution < -0.4 is 15.8 Å². The van der Waals surface area contributed by atoms with Crippen molar-refractivity contribution in [2.24, 2.45) is 0 Å². The molecule has 0 aliphatic carbocycles. The summed E-state index contributed by atoms with van der Waals surface area (Å²) in [5.41, 5.74) is 8.23. The zero-order valence-corrected chi connectivity index (χ0v) is 14.6. The molecule has 0 fully saturated rings. The number of nitrogens with zero attached hydrogens (tertiary/aromatic N) is 3. The van der Waals surface area contributed by atoms with E-state index >= 15 is 0 Å². The lowest BCUT2D eigenvalue weighted by Gasteiger charge is -2.11. The van der Waals surface area contributed by atoms with Gasteiger partial charge in [-0.15, -0.1) is 0 Å². The fourth-order valence-corrected chi connectivity index (χ4v) is 2.42. The first-order chi connectivity index (χ1) is 12.5. The lowest BCUT2D eigenvalue weighted by atomic mass is 10.1. The van der Waals surface area contributed by atoms with Crippen LogP contribution in [0, 0.1) is 6.92 Å². The third kappa shape index (κ3) is 4.13. The van der Waals surface area contributed by atoms with E-state index in [2.05, 4.69) is 20.3 Å². The first kappa shape index (κ1) is 17.3. The average molecular weight is 349 g/mol. The van der Waals surface area contributed by atoms with Crippen LogP contribution in [-0.2, 0) is 6.61 Å². The van der Waals surface area contributed by atoms with Gasteiger partial charge in [0.25, 0.3) is 0 Å². The van der Waals surface area contributed by atoms with Crippen LogP contribution in [-0.4, -0.2) is 20.7 Å². The fraction of sp³-hybridized carbons (Fsp3) is 0.158. The molecule has 0 unspecified atom stereocenters. The number of nitrogens with two attached hydrogens (primary N) is 1. The second-order valence-corrected chi connectivity index (χ2v) is 5.71. The van der Waals surface area contributed by atoms with Crippen LogP contribution in [0.5, 0.6) is 5.75 Å². The van der Waals surface area contributed by atoms with Crippen molar-refractivity contribution >= 4 is 23.4 Å². The van der Waals surface area contributed by atoms with E-state index in [-0.39, 0.29) is 18.3 Å². The number of hydrogen-bond acceptors (Lipinski definition) is 7. The molecule has 7 heteroatoms. The maximum Gasteiger partial charge on any atom is 0.232 e. The molecular formula is C19H19N5O2. The van der Waals surface area contributed by atoms with Crippen molar-refractivity contribution in [1.29, 1.82) is 0 Å². The van der Waals surface area contributed by atoms with Crippen molar-refractivity contribution in [3.8, 4) is 5.75 Å². The highest BCUT2D eigenvalue weighted by Crippen LogP contribution is 2.20. The molecule has 2 aromatic carbocycles. The second kappa shape index (κ2) is 7.60. The van der Waals surface area contributed by atoms with Crippen molar-refractivity contribution in [3.63, 3.8) is 0 Å². The van der Waals surface area contributed by atoms with E-state index in [1.54, 1.807) is 24.3 Å². The van der Waals surface area contributed by atoms with E-state index in [9.17, 15) is 4.79 Å². The normalized spacial score (nSPS) is 10.4. The Hall–Kier alpha value is -3.48. The summed E-state index contributed by atoms with van der Waals surface area (Å²) in [7, 11) is 0. The minimum Gasteiger partial charge on any atom is -0.485 e. The molecule has 1 aromatic heterocycles. The summed E-state index contributed by atoms with van der Waals surface area (Å²) >= 11 is 0. The molecule has 1 heterocycles. The zero-order chi connectivity index (χ0) is 18.5. The summed E-state index contributed by atoms with van der Waals surface area (Å²) in [5.74, 6) is 1.21. The molecule has 0 spiro atoms. The smallest absolute Gasteiger partial charge is 0.232 e. The lowest BCUT2D eigenvalue weighted by Crippen LogP contribution is -2.10. The molecule has 0 amide bonds. The number of nitrogens with one attached hydrogen (secondary N) is 1. The van der Waals surface area contributed by atoms with Crippen LogP contribution in [0.1, 0.15) is 28.7 Å². The SMILES string of the molecule is CC(=O)c1ccccc1OCc1nc(N)nc(Nc2ccccc2C)n1. The number of benzene rings is 2. The monoisotopic (exact) mass is 349 g/mol. The molecular weight excluding hydrogens is 330 g/mol. The van der Waals surface area contributed by atoms with Crippen LogP contribution in [0.2, 0.25) is 0 Å². The van der Waals surface area contributed by atoms with Gasteiger partial charge in [-0.25, -0.2) is 0 Å². The first-order valence-corrected chi connectivity index (χ1v) is 8.09. The van der Waals surface area contributed by atoms with Gasteiger partial charge in [-0.1, -0.05) is 30.3 Å². The van der Waals surface area contributed by atoms with Gasteiger partial charge < -0.3 is 15.8 Å². The Morgan fingerprint density at radius 3 is 2.58 bits per heavy atom. The standard InChI is InChI=1S/C19H19N5O2/c1-12-7-3-5-9-15(12)21-19-23-17(22-18(20)24-19)11-26-16-10-6-4-8-14(16)13(2)25/h3-10H,11H2,1-2H3,(H3,20,21,22,23,24). The van der Waals surface area contributed by atoms with Gasteiger partial charge in [0.1, 0.15) is 12.4 Å². The van der Waals surface area contributed by atoms with E-state index in [1.165, 1.54) is 6.92 Å². The van der Waals surface area contributed by atoms with Crippen molar-refractivity contribution < 1.29 is 9.53 Å². The number of nitrogen functional groups attached to an aromatic ring is 1. The highest BCUT2D eigenvalue weighted by molar-refractivity contribution is 5.96. The maximum atomic E-state index is 11.7. The third-order valence-corrected chi connectivity index (χ3v) is 3.71. The van der Waals surface area contributed by atoms with Crippen LogP contribution in [0.4, 0.5) is 17.6 Å². The van der Waals surface area contributed by atoms with Gasteiger partial charge >= 0.3 is 0 Å². The molecule has 0 saturated carbocycles. The van der Waals surface area contributed by atoms with Gasteiger partial charge in [-0.2, -0.15) is 15.0 Å². The number of hydrogen-bond donors (Lipinski definition) is 2. The molecule has 0 bridgehead atoms. The van der Waals surface area contributed by atoms with Crippen LogP contribution in [0.15, 0.2) is 48.5 Å². The summed E-state index contributed by atoms with van der Waals surface area (Å²) in [6, 6.07) is 14.8. The fourth-order valence-electron chi connectivity index (χ4n) is 2.42. The van der Waals surface area contributed by atoms with Gasteiger partial charge in [-0.05, 0) is 37.6 Å². The Kier molecular flexibility index (Phi) is 5.07. The summed E-state index contributed by atoms with van der Waals surface area (Å²) < 4.78 is 5.71. The van der Waals surface area contributed by atoms with Crippen LogP contribution in [0.25, 0.3) is 0 Å². The number of Topliss-reactive ketones (excluding diaryl/α,β-unsaturated/α-hetero) is 1. The van der Waals surface area contributed by atoms with Gasteiger partial charge in [0.05, 0.1) is 5.56 Å². The molecule has 0 saturated heterocycles. The van der Waals surface area contributed by atoms with Crippen LogP contribution in [0.3, 0.4) is 0 Å². The average Bonchev–Trinajstić information content (AvgIpc) is 2.62. The Morgan fingerprint density at radius 2 is 1.81 bits per heavy atom. The Balaban J connectivity index is 1.78. The second-order valence-electron chi connectivity index (χ2n) is 5.71. The Bertz CT molecular complexity index is 943. The number of rotatable bonds is 6. The minimum atomic E-state index is -0.0716. The molecule has 0 aliphatic rings. The molecule has 26 heavy (non-hydrogen) atoms. The number of ether oxygens (including phenoxy) is 1. The Labute approximate surface area is 151 Å². The van der Waals surface area contributed by atoms with E-state index in [0.717, 1.165) is 11.3 Å². The quantitative estimate of drug-likeness (QED) is 0.658. The van der Waals surface area contributed by atoms with E-state index < -0.39 is 0 Å². The number of anilines is 3. The summed E-state index contributed by atoms with van der Waals surface area (Å²) in [4.78, 5) is 24.2. The first-order valence-electron chi connectivity index (χ1n) is 8.09. The third-order valence-electron chi connectivity index (χ3n) is 3.71. The predicted octanol–water partition coefficient (Wildman–Crippen LogP) is 3.29. The van der Waals surface area contributed by atoms with Crippen molar-refractivity contribution in [1.82, 2.24) is 15.0 Å². The van der Waals surface area contributed by atoms with Gasteiger partial charge in [-0.3, -0.25) is 4.79 Å². The maximum absolute atomic E-state index is 11.7. The Morgan fingerprint density at radius 1 is 1.08 bits per heavy atom. The molecule has 0 atom stereocenters. The zero-order valence-electron chi connectivity index (χ0n) is 14.6. The number of carbonyl (C=O) groups excluding carboxylic acids is 1. The highest BCUT2D eigenvalue weighted by Gasteiger charge is 2.10. The van der Waals surface area contributed by atoms with Gasteiger partial charge in [0.15, 0.2) is 11.6 Å². The summed E-state index contributed by atoms with van der Waals surface area (Å²) in [5, 5.41) is 3.13. The topological polar surface area (TPSA) is 103 Å². The summed E-state index contributed by atoms with van der Waals surface area (Å²) in [6.07, 6.45) is 0. The molecule has 0 radical (unpaired) electrons. The lowest BCUT2D eigenvalue weighted by molar-refractivity contribution is 0.101. The predicted molar refractivity (Wildman–Crippen MR) is 99.5 cm³/mol. The molecule has 0 aliphatic heterocycles. The molecule has 132 valence electrons. The molecule has 7 nitrogen and oxygen atoms in total. The molecule has 3 rings (SSSR count). The van der Waals surface area contributed by atoms with Crippen LogP contribution >= 0.6 is 0 Å². The summed E-state index contributed by atoms with van der Waals surface area (Å²) in [6.45, 7) is 3.54. The van der Waals surface area contributed by atoms with Gasteiger partial charge in [0, 0.05) is 5.69 Å². The molecule has 3 N–H and O–H groups in total. The van der Waals surface area contributed by atoms with E-state index in [1.807, 2.05) is 31.2 Å². The number of aryl methyl sites for hydroxylation is 1. The van der Waals surface area contributed by atoms with Gasteiger partial charge in [0.2, 0.25) is 11.9 Å². The number of para-hydroxylation sites is 2. The minimum absolute atomic E-state index is 0.0689. The van der Waals surface area contributed by atoms with Crippen molar-refractivity contribution in [3.05, 3.63) is 65.5 Å². The van der Waals surface area contributed by atoms with E-state index in [4.69, 9.17) is 10.5 Å². The highest BCUT2D eigenvalue weighted by atomic mass is 16.5.